The summed E-state index contributed by atoms with van der Waals surface area (Å²) in [6, 6.07) is 10.5. The number of benzene rings is 1. The third-order valence-corrected chi connectivity index (χ3v) is 6.12. The van der Waals surface area contributed by atoms with Gasteiger partial charge in [-0.2, -0.15) is 0 Å². The zero-order valence-corrected chi connectivity index (χ0v) is 17.8. The van der Waals surface area contributed by atoms with Gasteiger partial charge in [-0.05, 0) is 48.1 Å². The fourth-order valence-corrected chi connectivity index (χ4v) is 4.43. The molecule has 4 rings (SSSR count). The normalized spacial score (nSPS) is 16.0. The van der Waals surface area contributed by atoms with Crippen LogP contribution in [0.5, 0.6) is 0 Å². The molecule has 30 heavy (non-hydrogen) atoms. The van der Waals surface area contributed by atoms with Crippen LogP contribution in [0.2, 0.25) is 0 Å². The van der Waals surface area contributed by atoms with Crippen LogP contribution in [0.1, 0.15) is 12.0 Å². The summed E-state index contributed by atoms with van der Waals surface area (Å²) >= 11 is 1.50. The minimum atomic E-state index is -0.250. The Morgan fingerprint density at radius 3 is 2.70 bits per heavy atom. The van der Waals surface area contributed by atoms with Crippen molar-refractivity contribution in [1.82, 2.24) is 19.8 Å². The van der Waals surface area contributed by atoms with Crippen LogP contribution < -0.4 is 5.32 Å². The molecule has 2 amide bonds. The van der Waals surface area contributed by atoms with Crippen molar-refractivity contribution >= 4 is 28.3 Å². The van der Waals surface area contributed by atoms with Crippen LogP contribution in [-0.2, 0) is 6.42 Å². The zero-order chi connectivity index (χ0) is 21.1. The first-order chi connectivity index (χ1) is 14.5. The van der Waals surface area contributed by atoms with Gasteiger partial charge in [-0.1, -0.05) is 29.5 Å². The maximum absolute atomic E-state index is 13.1. The van der Waals surface area contributed by atoms with Gasteiger partial charge in [0.05, 0.1) is 4.88 Å². The highest BCUT2D eigenvalue weighted by Gasteiger charge is 2.27. The molecule has 3 aromatic rings. The first-order valence-corrected chi connectivity index (χ1v) is 10.7. The van der Waals surface area contributed by atoms with E-state index in [1.165, 1.54) is 23.5 Å². The fourth-order valence-electron chi connectivity index (χ4n) is 3.60. The molecule has 1 atom stereocenters. The predicted molar refractivity (Wildman–Crippen MR) is 117 cm³/mol. The molecule has 1 aliphatic heterocycles. The maximum Gasteiger partial charge on any atom is 0.319 e. The third-order valence-electron chi connectivity index (χ3n) is 5.16. The van der Waals surface area contributed by atoms with E-state index in [0.29, 0.717) is 5.92 Å². The van der Waals surface area contributed by atoms with Crippen LogP contribution in [-0.4, -0.2) is 53.0 Å². The van der Waals surface area contributed by atoms with E-state index in [0.717, 1.165) is 52.9 Å². The smallest absolute Gasteiger partial charge is 0.319 e. The van der Waals surface area contributed by atoms with Gasteiger partial charge in [0.2, 0.25) is 0 Å². The lowest BCUT2D eigenvalue weighted by Gasteiger charge is -2.21. The van der Waals surface area contributed by atoms with Gasteiger partial charge in [0, 0.05) is 39.6 Å². The van der Waals surface area contributed by atoms with E-state index in [-0.39, 0.29) is 11.8 Å². The number of carbonyl (C=O) groups excluding carboxylic acids is 1. The fraction of sp³-hybridized carbons (Fsp3) is 0.318. The average molecular weight is 426 g/mol. The van der Waals surface area contributed by atoms with Gasteiger partial charge >= 0.3 is 6.03 Å². The van der Waals surface area contributed by atoms with E-state index in [1.54, 1.807) is 37.3 Å². The Hall–Kier alpha value is -3.00. The summed E-state index contributed by atoms with van der Waals surface area (Å²) in [6.07, 6.45) is 5.59. The Balaban J connectivity index is 1.33. The lowest BCUT2D eigenvalue weighted by molar-refractivity contribution is 0.180. The van der Waals surface area contributed by atoms with Crippen molar-refractivity contribution in [3.63, 3.8) is 0 Å². The molecule has 3 heterocycles. The molecule has 0 saturated carbocycles. The quantitative estimate of drug-likeness (QED) is 0.647. The standard InChI is InChI=1S/C22H24FN5OS/c1-27(2)22(29)28-10-9-16(14-28)11-15-3-8-20(24-12-15)26-21-25-13-19(30-21)17-4-6-18(23)7-5-17/h3-8,12-13,16H,9-11,14H2,1-2H3,(H,24,25,26). The summed E-state index contributed by atoms with van der Waals surface area (Å²) in [7, 11) is 3.58. The van der Waals surface area contributed by atoms with E-state index in [9.17, 15) is 9.18 Å². The number of rotatable bonds is 5. The Morgan fingerprint density at radius 1 is 1.20 bits per heavy atom. The highest BCUT2D eigenvalue weighted by atomic mass is 32.1. The molecule has 1 aromatic carbocycles. The number of anilines is 2. The predicted octanol–water partition coefficient (Wildman–Crippen LogP) is 4.63. The third kappa shape index (κ3) is 4.76. The van der Waals surface area contributed by atoms with Crippen LogP contribution in [0.25, 0.3) is 10.4 Å². The number of carbonyl (C=O) groups is 1. The van der Waals surface area contributed by atoms with Crippen LogP contribution in [0.4, 0.5) is 20.1 Å². The second-order valence-electron chi connectivity index (χ2n) is 7.70. The van der Waals surface area contributed by atoms with Crippen molar-refractivity contribution in [2.75, 3.05) is 32.5 Å². The number of pyridine rings is 1. The van der Waals surface area contributed by atoms with Gasteiger partial charge in [0.1, 0.15) is 11.6 Å². The molecular formula is C22H24FN5OS. The highest BCUT2D eigenvalue weighted by Crippen LogP contribution is 2.30. The van der Waals surface area contributed by atoms with Gasteiger partial charge in [-0.15, -0.1) is 0 Å². The van der Waals surface area contributed by atoms with Crippen molar-refractivity contribution in [3.05, 3.63) is 60.2 Å². The minimum absolute atomic E-state index is 0.0821. The Labute approximate surface area is 179 Å². The van der Waals surface area contributed by atoms with E-state index in [4.69, 9.17) is 0 Å². The van der Waals surface area contributed by atoms with Crippen molar-refractivity contribution in [2.24, 2.45) is 5.92 Å². The maximum atomic E-state index is 13.1. The topological polar surface area (TPSA) is 61.4 Å². The number of aromatic nitrogens is 2. The second-order valence-corrected chi connectivity index (χ2v) is 8.73. The summed E-state index contributed by atoms with van der Waals surface area (Å²) in [5.74, 6) is 0.946. The van der Waals surface area contributed by atoms with Gasteiger partial charge in [0.25, 0.3) is 0 Å². The van der Waals surface area contributed by atoms with Crippen molar-refractivity contribution in [2.45, 2.75) is 12.8 Å². The van der Waals surface area contributed by atoms with E-state index >= 15 is 0 Å². The van der Waals surface area contributed by atoms with E-state index in [1.807, 2.05) is 17.2 Å². The number of thiazole rings is 1. The summed E-state index contributed by atoms with van der Waals surface area (Å²) in [5.41, 5.74) is 2.10. The number of nitrogens with one attached hydrogen (secondary N) is 1. The van der Waals surface area contributed by atoms with Crippen molar-refractivity contribution in [1.29, 1.82) is 0 Å². The van der Waals surface area contributed by atoms with Gasteiger partial charge in [-0.3, -0.25) is 0 Å². The summed E-state index contributed by atoms with van der Waals surface area (Å²) in [4.78, 5) is 25.5. The molecule has 0 spiro atoms. The SMILES string of the molecule is CN(C)C(=O)N1CCC(Cc2ccc(Nc3ncc(-c4ccc(F)cc4)s3)nc2)C1. The van der Waals surface area contributed by atoms with Gasteiger partial charge < -0.3 is 15.1 Å². The number of urea groups is 1. The molecule has 156 valence electrons. The average Bonchev–Trinajstić information content (AvgIpc) is 3.39. The molecule has 1 fully saturated rings. The molecule has 2 aromatic heterocycles. The Bertz CT molecular complexity index is 1000. The molecule has 1 saturated heterocycles. The number of amides is 2. The molecule has 1 N–H and O–H groups in total. The Kier molecular flexibility index (Phi) is 5.94. The van der Waals surface area contributed by atoms with Crippen molar-refractivity contribution < 1.29 is 9.18 Å². The number of likely N-dealkylation sites (tertiary alicyclic amines) is 1. The number of halogens is 1. The highest BCUT2D eigenvalue weighted by molar-refractivity contribution is 7.18. The van der Waals surface area contributed by atoms with Gasteiger partial charge in [0.15, 0.2) is 5.13 Å². The molecule has 0 bridgehead atoms. The van der Waals surface area contributed by atoms with E-state index in [2.05, 4.69) is 21.4 Å². The first-order valence-electron chi connectivity index (χ1n) is 9.88. The van der Waals surface area contributed by atoms with Crippen LogP contribution in [0.15, 0.2) is 48.8 Å². The lowest BCUT2D eigenvalue weighted by atomic mass is 10.00. The van der Waals surface area contributed by atoms with Crippen LogP contribution in [0.3, 0.4) is 0 Å². The summed E-state index contributed by atoms with van der Waals surface area (Å²) < 4.78 is 13.1. The van der Waals surface area contributed by atoms with Crippen LogP contribution >= 0.6 is 11.3 Å². The second kappa shape index (κ2) is 8.79. The molecule has 1 aliphatic rings. The lowest BCUT2D eigenvalue weighted by Crippen LogP contribution is -2.37. The molecule has 1 unspecified atom stereocenters. The molecule has 6 nitrogen and oxygen atoms in total. The van der Waals surface area contributed by atoms with Gasteiger partial charge in [-0.25, -0.2) is 19.2 Å². The summed E-state index contributed by atoms with van der Waals surface area (Å²) in [6.45, 7) is 1.61. The number of nitrogens with zero attached hydrogens (tertiary/aromatic N) is 4. The molecule has 8 heteroatoms. The van der Waals surface area contributed by atoms with E-state index < -0.39 is 0 Å². The molecule has 0 aliphatic carbocycles. The summed E-state index contributed by atoms with van der Waals surface area (Å²) in [5, 5.41) is 3.96. The van der Waals surface area contributed by atoms with Crippen LogP contribution in [0, 0.1) is 11.7 Å². The first kappa shape index (κ1) is 20.3. The largest absolute Gasteiger partial charge is 0.331 e. The number of hydrogen-bond donors (Lipinski definition) is 1. The molecule has 0 radical (unpaired) electrons. The minimum Gasteiger partial charge on any atom is -0.331 e. The monoisotopic (exact) mass is 425 g/mol. The zero-order valence-electron chi connectivity index (χ0n) is 17.0. The molecular weight excluding hydrogens is 401 g/mol. The number of hydrogen-bond acceptors (Lipinski definition) is 5. The Morgan fingerprint density at radius 2 is 2.00 bits per heavy atom. The van der Waals surface area contributed by atoms with Crippen molar-refractivity contribution in [3.8, 4) is 10.4 Å².